The van der Waals surface area contributed by atoms with Gasteiger partial charge in [-0.1, -0.05) is 72.8 Å². The molecule has 2 aromatic rings. The minimum absolute atomic E-state index is 0.277. The van der Waals surface area contributed by atoms with E-state index in [1.165, 1.54) is 5.56 Å². The van der Waals surface area contributed by atoms with Crippen LogP contribution in [0.4, 0.5) is 0 Å². The van der Waals surface area contributed by atoms with Gasteiger partial charge in [0.05, 0.1) is 6.07 Å². The van der Waals surface area contributed by atoms with Gasteiger partial charge in [-0.05, 0) is 11.1 Å². The van der Waals surface area contributed by atoms with Gasteiger partial charge in [-0.15, -0.1) is 0 Å². The Morgan fingerprint density at radius 2 is 1.63 bits per heavy atom. The summed E-state index contributed by atoms with van der Waals surface area (Å²) < 4.78 is 0. The van der Waals surface area contributed by atoms with E-state index in [2.05, 4.69) is 11.4 Å². The molecule has 0 aliphatic carbocycles. The van der Waals surface area contributed by atoms with Crippen LogP contribution < -0.4 is 5.32 Å². The van der Waals surface area contributed by atoms with Crippen molar-refractivity contribution in [3.63, 3.8) is 0 Å². The molecule has 0 aliphatic heterocycles. The molecule has 2 rings (SSSR count). The summed E-state index contributed by atoms with van der Waals surface area (Å²) in [5.41, 5.74) is 2.28. The lowest BCUT2D eigenvalue weighted by Gasteiger charge is -2.07. The predicted octanol–water partition coefficient (Wildman–Crippen LogP) is 3.38. The van der Waals surface area contributed by atoms with Crippen molar-refractivity contribution >= 4 is 6.08 Å². The monoisotopic (exact) mass is 248 g/mol. The fraction of sp³-hybridized carbons (Fsp3) is 0.118. The highest BCUT2D eigenvalue weighted by atomic mass is 14.9. The Hall–Kier alpha value is -2.37. The molecule has 1 unspecified atom stereocenters. The zero-order valence-electron chi connectivity index (χ0n) is 10.7. The molecule has 0 aliphatic rings. The molecule has 0 fully saturated rings. The molecule has 0 spiro atoms. The molecule has 2 nitrogen and oxygen atoms in total. The number of hydrogen-bond donors (Lipinski definition) is 1. The SMILES string of the molecule is N#CC(/C=C/c1ccccc1)NCc1ccccc1. The van der Waals surface area contributed by atoms with Crippen LogP contribution in [0.15, 0.2) is 66.7 Å². The Labute approximate surface area is 114 Å². The van der Waals surface area contributed by atoms with Crippen molar-refractivity contribution in [1.29, 1.82) is 5.26 Å². The van der Waals surface area contributed by atoms with Crippen molar-refractivity contribution < 1.29 is 0 Å². The van der Waals surface area contributed by atoms with E-state index in [1.807, 2.05) is 72.8 Å². The number of nitrogens with zero attached hydrogens (tertiary/aromatic N) is 1. The minimum atomic E-state index is -0.277. The van der Waals surface area contributed by atoms with Gasteiger partial charge >= 0.3 is 0 Å². The van der Waals surface area contributed by atoms with Gasteiger partial charge in [0.1, 0.15) is 6.04 Å². The molecule has 19 heavy (non-hydrogen) atoms. The van der Waals surface area contributed by atoms with E-state index in [-0.39, 0.29) is 6.04 Å². The standard InChI is InChI=1S/C17H16N2/c18-13-17(12-11-15-7-3-1-4-8-15)19-14-16-9-5-2-6-10-16/h1-12,17,19H,14H2/b12-11+. The maximum atomic E-state index is 9.12. The summed E-state index contributed by atoms with van der Waals surface area (Å²) in [6.07, 6.45) is 3.85. The number of nitriles is 1. The van der Waals surface area contributed by atoms with E-state index in [1.54, 1.807) is 0 Å². The lowest BCUT2D eigenvalue weighted by Crippen LogP contribution is -2.24. The number of nitrogens with one attached hydrogen (secondary N) is 1. The molecule has 0 saturated heterocycles. The Bertz CT molecular complexity index is 553. The van der Waals surface area contributed by atoms with Gasteiger partial charge in [0, 0.05) is 6.54 Å². The minimum Gasteiger partial charge on any atom is -0.295 e. The lowest BCUT2D eigenvalue weighted by atomic mass is 10.1. The van der Waals surface area contributed by atoms with Gasteiger partial charge in [0.2, 0.25) is 0 Å². The molecule has 0 amide bonds. The van der Waals surface area contributed by atoms with Crippen LogP contribution in [0.5, 0.6) is 0 Å². The first-order valence-corrected chi connectivity index (χ1v) is 6.28. The molecule has 0 aromatic heterocycles. The van der Waals surface area contributed by atoms with Gasteiger partial charge in [0.15, 0.2) is 0 Å². The van der Waals surface area contributed by atoms with Crippen molar-refractivity contribution in [2.24, 2.45) is 0 Å². The Balaban J connectivity index is 1.91. The summed E-state index contributed by atoms with van der Waals surface area (Å²) >= 11 is 0. The van der Waals surface area contributed by atoms with Crippen molar-refractivity contribution in [1.82, 2.24) is 5.32 Å². The fourth-order valence-corrected chi connectivity index (χ4v) is 1.75. The summed E-state index contributed by atoms with van der Waals surface area (Å²) in [5.74, 6) is 0. The molecular weight excluding hydrogens is 232 g/mol. The Morgan fingerprint density at radius 1 is 1.00 bits per heavy atom. The molecule has 0 saturated carbocycles. The third kappa shape index (κ3) is 4.42. The summed E-state index contributed by atoms with van der Waals surface area (Å²) in [5, 5.41) is 12.3. The fourth-order valence-electron chi connectivity index (χ4n) is 1.75. The second-order valence-corrected chi connectivity index (χ2v) is 4.24. The molecule has 2 heteroatoms. The second-order valence-electron chi connectivity index (χ2n) is 4.24. The van der Waals surface area contributed by atoms with E-state index in [0.29, 0.717) is 6.54 Å². The average molecular weight is 248 g/mol. The topological polar surface area (TPSA) is 35.8 Å². The van der Waals surface area contributed by atoms with Crippen LogP contribution in [0.3, 0.4) is 0 Å². The maximum Gasteiger partial charge on any atom is 0.114 e. The quantitative estimate of drug-likeness (QED) is 0.880. The zero-order chi connectivity index (χ0) is 13.3. The van der Waals surface area contributed by atoms with Crippen LogP contribution in [0.1, 0.15) is 11.1 Å². The number of hydrogen-bond acceptors (Lipinski definition) is 2. The maximum absolute atomic E-state index is 9.12. The second kappa shape index (κ2) is 7.15. The lowest BCUT2D eigenvalue weighted by molar-refractivity contribution is 0.685. The molecule has 2 aromatic carbocycles. The molecule has 0 radical (unpaired) electrons. The molecular formula is C17H16N2. The van der Waals surface area contributed by atoms with Gasteiger partial charge in [-0.3, -0.25) is 5.32 Å². The highest BCUT2D eigenvalue weighted by molar-refractivity contribution is 5.50. The van der Waals surface area contributed by atoms with E-state index < -0.39 is 0 Å². The van der Waals surface area contributed by atoms with Crippen molar-refractivity contribution in [3.05, 3.63) is 77.9 Å². The van der Waals surface area contributed by atoms with Gasteiger partial charge in [0.25, 0.3) is 0 Å². The Kier molecular flexibility index (Phi) is 4.92. The van der Waals surface area contributed by atoms with Crippen LogP contribution in [0.25, 0.3) is 6.08 Å². The first kappa shape index (κ1) is 13.1. The van der Waals surface area contributed by atoms with E-state index >= 15 is 0 Å². The number of rotatable bonds is 5. The third-order valence-corrected chi connectivity index (χ3v) is 2.79. The normalized spacial score (nSPS) is 12.2. The highest BCUT2D eigenvalue weighted by Gasteiger charge is 2.01. The van der Waals surface area contributed by atoms with Crippen LogP contribution in [-0.4, -0.2) is 6.04 Å². The number of benzene rings is 2. The van der Waals surface area contributed by atoms with Crippen LogP contribution in [0, 0.1) is 11.3 Å². The van der Waals surface area contributed by atoms with Crippen LogP contribution in [-0.2, 0) is 6.54 Å². The zero-order valence-corrected chi connectivity index (χ0v) is 10.7. The van der Waals surface area contributed by atoms with Crippen LogP contribution in [0.2, 0.25) is 0 Å². The summed E-state index contributed by atoms with van der Waals surface area (Å²) in [6.45, 7) is 0.693. The molecule has 0 bridgehead atoms. The predicted molar refractivity (Wildman–Crippen MR) is 78.2 cm³/mol. The first-order valence-electron chi connectivity index (χ1n) is 6.28. The van der Waals surface area contributed by atoms with Gasteiger partial charge in [-0.2, -0.15) is 5.26 Å². The molecule has 1 atom stereocenters. The van der Waals surface area contributed by atoms with Gasteiger partial charge in [-0.25, -0.2) is 0 Å². The average Bonchev–Trinajstić information content (AvgIpc) is 2.49. The highest BCUT2D eigenvalue weighted by Crippen LogP contribution is 2.03. The largest absolute Gasteiger partial charge is 0.295 e. The van der Waals surface area contributed by atoms with Crippen molar-refractivity contribution in [3.8, 4) is 6.07 Å². The summed E-state index contributed by atoms with van der Waals surface area (Å²) in [7, 11) is 0. The summed E-state index contributed by atoms with van der Waals surface area (Å²) in [6, 6.07) is 22.0. The molecule has 1 N–H and O–H groups in total. The van der Waals surface area contributed by atoms with Crippen molar-refractivity contribution in [2.75, 3.05) is 0 Å². The van der Waals surface area contributed by atoms with E-state index in [9.17, 15) is 0 Å². The molecule has 94 valence electrons. The first-order chi connectivity index (χ1) is 9.38. The van der Waals surface area contributed by atoms with Crippen molar-refractivity contribution in [2.45, 2.75) is 12.6 Å². The third-order valence-electron chi connectivity index (χ3n) is 2.79. The van der Waals surface area contributed by atoms with E-state index in [4.69, 9.17) is 5.26 Å². The van der Waals surface area contributed by atoms with Gasteiger partial charge < -0.3 is 0 Å². The Morgan fingerprint density at radius 3 is 2.26 bits per heavy atom. The van der Waals surface area contributed by atoms with E-state index in [0.717, 1.165) is 5.56 Å². The molecule has 0 heterocycles. The van der Waals surface area contributed by atoms with Crippen LogP contribution >= 0.6 is 0 Å². The smallest absolute Gasteiger partial charge is 0.114 e. The summed E-state index contributed by atoms with van der Waals surface area (Å²) in [4.78, 5) is 0.